The van der Waals surface area contributed by atoms with Gasteiger partial charge in [0.15, 0.2) is 0 Å². The molecule has 74 valence electrons. The van der Waals surface area contributed by atoms with Crippen LogP contribution in [0.2, 0.25) is 5.02 Å². The maximum Gasteiger partial charge on any atom is 0.0417 e. The third kappa shape index (κ3) is 3.47. The van der Waals surface area contributed by atoms with Crippen LogP contribution in [0.1, 0.15) is 24.9 Å². The Morgan fingerprint density at radius 2 is 2.15 bits per heavy atom. The van der Waals surface area contributed by atoms with Gasteiger partial charge in [-0.2, -0.15) is 0 Å². The smallest absolute Gasteiger partial charge is 0.0417 e. The first-order valence-corrected chi connectivity index (χ1v) is 5.02. The van der Waals surface area contributed by atoms with E-state index in [1.54, 1.807) is 0 Å². The summed E-state index contributed by atoms with van der Waals surface area (Å²) in [5.74, 6) is 0. The van der Waals surface area contributed by atoms with Crippen LogP contribution in [0.3, 0.4) is 0 Å². The minimum atomic E-state index is 0. The van der Waals surface area contributed by atoms with E-state index in [1.807, 2.05) is 18.2 Å². The van der Waals surface area contributed by atoms with Crippen molar-refractivity contribution in [3.05, 3.63) is 33.3 Å². The van der Waals surface area contributed by atoms with Crippen molar-refractivity contribution in [1.82, 2.24) is 0 Å². The first-order chi connectivity index (χ1) is 5.65. The molecule has 0 heterocycles. The molecule has 1 aromatic rings. The minimum absolute atomic E-state index is 0. The molecule has 0 aliphatic rings. The molecule has 0 saturated carbocycles. The van der Waals surface area contributed by atoms with E-state index in [9.17, 15) is 0 Å². The van der Waals surface area contributed by atoms with Crippen molar-refractivity contribution in [3.63, 3.8) is 0 Å². The minimum Gasteiger partial charge on any atom is -0.324 e. The first-order valence-electron chi connectivity index (χ1n) is 3.85. The lowest BCUT2D eigenvalue weighted by Gasteiger charge is -2.11. The average Bonchev–Trinajstić information content (AvgIpc) is 2.03. The lowest BCUT2D eigenvalue weighted by Crippen LogP contribution is -2.08. The van der Waals surface area contributed by atoms with Gasteiger partial charge in [-0.1, -0.05) is 40.5 Å². The van der Waals surface area contributed by atoms with Crippen LogP contribution in [0, 0.1) is 0 Å². The van der Waals surface area contributed by atoms with Gasteiger partial charge in [0, 0.05) is 15.5 Å². The standard InChI is InChI=1S/C9H11BrClN.ClH/c1-2-9(12)7-4-3-6(11)5-8(7)10;/h3-5,9H,2,12H2,1H3;1H/t9-;/m0./s1. The Morgan fingerprint density at radius 3 is 2.62 bits per heavy atom. The molecule has 1 rings (SSSR count). The largest absolute Gasteiger partial charge is 0.324 e. The van der Waals surface area contributed by atoms with Gasteiger partial charge in [-0.25, -0.2) is 0 Å². The fraction of sp³-hybridized carbons (Fsp3) is 0.333. The summed E-state index contributed by atoms with van der Waals surface area (Å²) < 4.78 is 0.990. The summed E-state index contributed by atoms with van der Waals surface area (Å²) in [6, 6.07) is 5.78. The summed E-state index contributed by atoms with van der Waals surface area (Å²) >= 11 is 9.22. The van der Waals surface area contributed by atoms with Crippen molar-refractivity contribution < 1.29 is 0 Å². The Bertz CT molecular complexity index is 278. The van der Waals surface area contributed by atoms with E-state index < -0.39 is 0 Å². The third-order valence-electron chi connectivity index (χ3n) is 1.80. The number of benzene rings is 1. The Hall–Kier alpha value is 0.240. The van der Waals surface area contributed by atoms with E-state index >= 15 is 0 Å². The molecule has 13 heavy (non-hydrogen) atoms. The van der Waals surface area contributed by atoms with E-state index in [4.69, 9.17) is 17.3 Å². The molecule has 0 bridgehead atoms. The van der Waals surface area contributed by atoms with Gasteiger partial charge in [-0.05, 0) is 24.1 Å². The zero-order valence-corrected chi connectivity index (χ0v) is 10.4. The van der Waals surface area contributed by atoms with Crippen molar-refractivity contribution in [3.8, 4) is 0 Å². The molecular formula is C9H12BrCl2N. The molecule has 1 nitrogen and oxygen atoms in total. The number of rotatable bonds is 2. The maximum atomic E-state index is 5.87. The molecule has 4 heteroatoms. The number of hydrogen-bond acceptors (Lipinski definition) is 1. The molecule has 1 aromatic carbocycles. The number of hydrogen-bond donors (Lipinski definition) is 1. The molecular weight excluding hydrogens is 273 g/mol. The summed E-state index contributed by atoms with van der Waals surface area (Å²) in [5, 5.41) is 0.730. The molecule has 1 atom stereocenters. The fourth-order valence-corrected chi connectivity index (χ4v) is 2.00. The van der Waals surface area contributed by atoms with Crippen molar-refractivity contribution in [2.24, 2.45) is 5.73 Å². The van der Waals surface area contributed by atoms with Gasteiger partial charge in [0.25, 0.3) is 0 Å². The Morgan fingerprint density at radius 1 is 1.54 bits per heavy atom. The van der Waals surface area contributed by atoms with E-state index in [1.165, 1.54) is 0 Å². The molecule has 0 radical (unpaired) electrons. The van der Waals surface area contributed by atoms with Gasteiger partial charge >= 0.3 is 0 Å². The third-order valence-corrected chi connectivity index (χ3v) is 2.72. The molecule has 0 spiro atoms. The van der Waals surface area contributed by atoms with Crippen molar-refractivity contribution in [2.45, 2.75) is 19.4 Å². The molecule has 0 aromatic heterocycles. The quantitative estimate of drug-likeness (QED) is 0.875. The number of nitrogens with two attached hydrogens (primary N) is 1. The Balaban J connectivity index is 0.00000144. The second kappa shape index (κ2) is 5.86. The van der Waals surface area contributed by atoms with Gasteiger partial charge < -0.3 is 5.73 Å². The highest BCUT2D eigenvalue weighted by Gasteiger charge is 2.07. The van der Waals surface area contributed by atoms with E-state index in [0.29, 0.717) is 0 Å². The zero-order chi connectivity index (χ0) is 9.14. The van der Waals surface area contributed by atoms with E-state index in [0.717, 1.165) is 21.5 Å². The van der Waals surface area contributed by atoms with Crippen LogP contribution < -0.4 is 5.73 Å². The lowest BCUT2D eigenvalue weighted by atomic mass is 10.1. The molecule has 0 saturated heterocycles. The Kier molecular flexibility index (Phi) is 5.97. The molecule has 0 aliphatic carbocycles. The van der Waals surface area contributed by atoms with Gasteiger partial charge in [0.2, 0.25) is 0 Å². The van der Waals surface area contributed by atoms with Gasteiger partial charge in [0.1, 0.15) is 0 Å². The van der Waals surface area contributed by atoms with Crippen LogP contribution in [0.4, 0.5) is 0 Å². The van der Waals surface area contributed by atoms with Gasteiger partial charge in [-0.3, -0.25) is 0 Å². The fourth-order valence-electron chi connectivity index (χ4n) is 1.02. The van der Waals surface area contributed by atoms with Gasteiger partial charge in [0.05, 0.1) is 0 Å². The molecule has 0 fully saturated rings. The molecule has 0 aliphatic heterocycles. The summed E-state index contributed by atoms with van der Waals surface area (Å²) in [4.78, 5) is 0. The summed E-state index contributed by atoms with van der Waals surface area (Å²) in [6.07, 6.45) is 0.931. The highest BCUT2D eigenvalue weighted by atomic mass is 79.9. The van der Waals surface area contributed by atoms with Crippen molar-refractivity contribution in [1.29, 1.82) is 0 Å². The summed E-state index contributed by atoms with van der Waals surface area (Å²) in [5.41, 5.74) is 6.98. The maximum absolute atomic E-state index is 5.87. The predicted octanol–water partition coefficient (Wildman–Crippen LogP) is 3.93. The average molecular weight is 285 g/mol. The zero-order valence-electron chi connectivity index (χ0n) is 7.26. The SMILES string of the molecule is CC[C@H](N)c1ccc(Cl)cc1Br.Cl. The lowest BCUT2D eigenvalue weighted by molar-refractivity contribution is 0.695. The van der Waals surface area contributed by atoms with Crippen LogP contribution in [0.5, 0.6) is 0 Å². The normalized spacial score (nSPS) is 12.0. The second-order valence-corrected chi connectivity index (χ2v) is 3.97. The molecule has 2 N–H and O–H groups in total. The highest BCUT2D eigenvalue weighted by molar-refractivity contribution is 9.10. The second-order valence-electron chi connectivity index (χ2n) is 2.68. The van der Waals surface area contributed by atoms with E-state index in [-0.39, 0.29) is 18.4 Å². The summed E-state index contributed by atoms with van der Waals surface area (Å²) in [7, 11) is 0. The van der Waals surface area contributed by atoms with Crippen LogP contribution >= 0.6 is 39.9 Å². The van der Waals surface area contributed by atoms with Crippen LogP contribution in [0.15, 0.2) is 22.7 Å². The van der Waals surface area contributed by atoms with E-state index in [2.05, 4.69) is 22.9 Å². The van der Waals surface area contributed by atoms with Crippen LogP contribution in [-0.2, 0) is 0 Å². The monoisotopic (exact) mass is 283 g/mol. The number of halogens is 3. The van der Waals surface area contributed by atoms with Gasteiger partial charge in [-0.15, -0.1) is 12.4 Å². The first kappa shape index (κ1) is 13.2. The van der Waals surface area contributed by atoms with Crippen molar-refractivity contribution in [2.75, 3.05) is 0 Å². The molecule has 0 amide bonds. The van der Waals surface area contributed by atoms with Crippen molar-refractivity contribution >= 4 is 39.9 Å². The Labute approximate surface area is 98.2 Å². The van der Waals surface area contributed by atoms with Crippen LogP contribution in [0.25, 0.3) is 0 Å². The molecule has 0 unspecified atom stereocenters. The topological polar surface area (TPSA) is 26.0 Å². The highest BCUT2D eigenvalue weighted by Crippen LogP contribution is 2.26. The van der Waals surface area contributed by atoms with Crippen LogP contribution in [-0.4, -0.2) is 0 Å². The summed E-state index contributed by atoms with van der Waals surface area (Å²) in [6.45, 7) is 2.06. The predicted molar refractivity (Wildman–Crippen MR) is 63.6 cm³/mol.